The topological polar surface area (TPSA) is 70.7 Å². The van der Waals surface area contributed by atoms with Gasteiger partial charge in [0, 0.05) is 31.7 Å². The molecule has 1 fully saturated rings. The number of benzene rings is 1. The molecule has 2 amide bonds. The Labute approximate surface area is 179 Å². The summed E-state index contributed by atoms with van der Waals surface area (Å²) < 4.78 is 5.37. The van der Waals surface area contributed by atoms with Crippen LogP contribution < -0.4 is 15.4 Å². The fourth-order valence-electron chi connectivity index (χ4n) is 4.06. The van der Waals surface area contributed by atoms with E-state index in [1.807, 2.05) is 36.4 Å². The summed E-state index contributed by atoms with van der Waals surface area (Å²) in [5, 5.41) is 5.88. The van der Waals surface area contributed by atoms with Gasteiger partial charge < -0.3 is 15.4 Å². The van der Waals surface area contributed by atoms with Gasteiger partial charge in [-0.3, -0.25) is 14.5 Å². The van der Waals surface area contributed by atoms with Crippen LogP contribution in [0.4, 0.5) is 0 Å². The quantitative estimate of drug-likeness (QED) is 0.613. The van der Waals surface area contributed by atoms with E-state index in [9.17, 15) is 9.59 Å². The number of carbonyl (C=O) groups is 2. The summed E-state index contributed by atoms with van der Waals surface area (Å²) >= 11 is 0. The number of piperazine rings is 1. The van der Waals surface area contributed by atoms with Crippen LogP contribution in [0.2, 0.25) is 0 Å². The molecule has 0 bridgehead atoms. The van der Waals surface area contributed by atoms with Crippen molar-refractivity contribution in [2.75, 3.05) is 33.3 Å². The second kappa shape index (κ2) is 11.6. The van der Waals surface area contributed by atoms with Crippen molar-refractivity contribution in [3.8, 4) is 5.75 Å². The van der Waals surface area contributed by atoms with Crippen molar-refractivity contribution in [1.82, 2.24) is 15.5 Å². The van der Waals surface area contributed by atoms with Crippen LogP contribution in [-0.4, -0.2) is 56.0 Å². The van der Waals surface area contributed by atoms with Gasteiger partial charge in [-0.25, -0.2) is 0 Å². The summed E-state index contributed by atoms with van der Waals surface area (Å²) in [5.74, 6) is 0.679. The van der Waals surface area contributed by atoms with Crippen molar-refractivity contribution in [3.05, 3.63) is 47.6 Å². The van der Waals surface area contributed by atoms with Crippen LogP contribution in [0.15, 0.2) is 42.0 Å². The van der Waals surface area contributed by atoms with Gasteiger partial charge in [-0.1, -0.05) is 42.0 Å². The Balaban J connectivity index is 1.51. The molecule has 2 N–H and O–H groups in total. The smallest absolute Gasteiger partial charge is 0.237 e. The largest absolute Gasteiger partial charge is 0.496 e. The molecule has 6 nitrogen and oxygen atoms in total. The molecule has 1 heterocycles. The van der Waals surface area contributed by atoms with E-state index in [4.69, 9.17) is 4.74 Å². The Morgan fingerprint density at radius 1 is 1.33 bits per heavy atom. The zero-order chi connectivity index (χ0) is 21.2. The molecule has 0 unspecified atom stereocenters. The van der Waals surface area contributed by atoms with E-state index in [-0.39, 0.29) is 18.2 Å². The number of hydrogen-bond acceptors (Lipinski definition) is 4. The molecule has 1 aromatic carbocycles. The first-order valence-corrected chi connectivity index (χ1v) is 10.9. The summed E-state index contributed by atoms with van der Waals surface area (Å²) in [4.78, 5) is 26.9. The normalized spacial score (nSPS) is 20.0. The lowest BCUT2D eigenvalue weighted by atomic mass is 9.97. The van der Waals surface area contributed by atoms with Crippen LogP contribution in [0.1, 0.15) is 44.1 Å². The third-order valence-corrected chi connectivity index (χ3v) is 5.75. The van der Waals surface area contributed by atoms with E-state index in [2.05, 4.69) is 21.6 Å². The minimum absolute atomic E-state index is 0.0628. The van der Waals surface area contributed by atoms with Crippen LogP contribution in [0.5, 0.6) is 5.75 Å². The molecular weight excluding hydrogens is 378 g/mol. The molecule has 1 aromatic rings. The Morgan fingerprint density at radius 2 is 2.20 bits per heavy atom. The van der Waals surface area contributed by atoms with E-state index >= 15 is 0 Å². The number of amides is 2. The van der Waals surface area contributed by atoms with Crippen LogP contribution in [0.3, 0.4) is 0 Å². The van der Waals surface area contributed by atoms with E-state index in [0.29, 0.717) is 19.6 Å². The summed E-state index contributed by atoms with van der Waals surface area (Å²) in [6.45, 7) is 2.59. The number of rotatable bonds is 9. The zero-order valence-corrected chi connectivity index (χ0v) is 17.9. The molecule has 1 aliphatic heterocycles. The third-order valence-electron chi connectivity index (χ3n) is 5.75. The molecular formula is C24H33N3O3. The summed E-state index contributed by atoms with van der Waals surface area (Å²) in [7, 11) is 1.65. The predicted octanol–water partition coefficient (Wildman–Crippen LogP) is 2.91. The monoisotopic (exact) mass is 411 g/mol. The number of nitrogens with one attached hydrogen (secondary N) is 2. The highest BCUT2D eigenvalue weighted by atomic mass is 16.5. The minimum Gasteiger partial charge on any atom is -0.496 e. The second-order valence-corrected chi connectivity index (χ2v) is 7.86. The van der Waals surface area contributed by atoms with Gasteiger partial charge in [0.1, 0.15) is 5.75 Å². The highest BCUT2D eigenvalue weighted by Crippen LogP contribution is 2.20. The average Bonchev–Trinajstić information content (AvgIpc) is 2.77. The van der Waals surface area contributed by atoms with Gasteiger partial charge in [0.25, 0.3) is 0 Å². The number of nitrogens with zero attached hydrogens (tertiary/aromatic N) is 1. The first-order valence-electron chi connectivity index (χ1n) is 10.9. The minimum atomic E-state index is -0.435. The molecule has 0 aromatic heterocycles. The van der Waals surface area contributed by atoms with Gasteiger partial charge in [-0.2, -0.15) is 0 Å². The zero-order valence-electron chi connectivity index (χ0n) is 17.9. The predicted molar refractivity (Wildman–Crippen MR) is 119 cm³/mol. The van der Waals surface area contributed by atoms with Gasteiger partial charge in [0.05, 0.1) is 19.6 Å². The van der Waals surface area contributed by atoms with Crippen molar-refractivity contribution < 1.29 is 14.3 Å². The fraction of sp³-hybridized carbons (Fsp3) is 0.500. The Bertz CT molecular complexity index is 788. The fourth-order valence-corrected chi connectivity index (χ4v) is 4.06. The van der Waals surface area contributed by atoms with Crippen molar-refractivity contribution in [2.24, 2.45) is 0 Å². The number of hydrogen-bond donors (Lipinski definition) is 2. The number of ether oxygens (including phenoxy) is 1. The molecule has 6 heteroatoms. The molecule has 1 saturated heterocycles. The van der Waals surface area contributed by atoms with E-state index in [1.54, 1.807) is 7.11 Å². The van der Waals surface area contributed by atoms with Crippen molar-refractivity contribution >= 4 is 17.9 Å². The maximum absolute atomic E-state index is 12.5. The highest BCUT2D eigenvalue weighted by molar-refractivity contribution is 5.88. The molecule has 0 radical (unpaired) electrons. The van der Waals surface area contributed by atoms with Crippen LogP contribution in [0, 0.1) is 0 Å². The van der Waals surface area contributed by atoms with Crippen molar-refractivity contribution in [3.63, 3.8) is 0 Å². The number of methoxy groups -OCH3 is 1. The van der Waals surface area contributed by atoms with E-state index in [0.717, 1.165) is 37.1 Å². The summed E-state index contributed by atoms with van der Waals surface area (Å²) in [5.41, 5.74) is 2.44. The third kappa shape index (κ3) is 6.46. The Kier molecular flexibility index (Phi) is 8.51. The Hall–Kier alpha value is -2.60. The lowest BCUT2D eigenvalue weighted by Crippen LogP contribution is -2.56. The van der Waals surface area contributed by atoms with E-state index in [1.165, 1.54) is 18.4 Å². The summed E-state index contributed by atoms with van der Waals surface area (Å²) in [6.07, 6.45) is 12.3. The van der Waals surface area contributed by atoms with Crippen molar-refractivity contribution in [2.45, 2.75) is 44.6 Å². The lowest BCUT2D eigenvalue weighted by Gasteiger charge is -2.33. The van der Waals surface area contributed by atoms with Crippen LogP contribution >= 0.6 is 0 Å². The lowest BCUT2D eigenvalue weighted by molar-refractivity contribution is -0.133. The number of carbonyl (C=O) groups excluding carboxylic acids is 2. The van der Waals surface area contributed by atoms with Gasteiger partial charge >= 0.3 is 0 Å². The van der Waals surface area contributed by atoms with Crippen LogP contribution in [0.25, 0.3) is 6.08 Å². The molecule has 1 aliphatic carbocycles. The SMILES string of the molecule is COc1ccccc1/C=C/CN1CCNC(=O)[C@@H]1CC(=O)NCCC1=CCCCC1. The maximum Gasteiger partial charge on any atom is 0.237 e. The first kappa shape index (κ1) is 22.1. The molecule has 2 aliphatic rings. The molecule has 162 valence electrons. The van der Waals surface area contributed by atoms with Crippen LogP contribution in [-0.2, 0) is 9.59 Å². The van der Waals surface area contributed by atoms with Gasteiger partial charge in [0.15, 0.2) is 0 Å². The Morgan fingerprint density at radius 3 is 3.00 bits per heavy atom. The summed E-state index contributed by atoms with van der Waals surface area (Å²) in [6, 6.07) is 7.38. The molecule has 0 spiro atoms. The molecule has 3 rings (SSSR count). The van der Waals surface area contributed by atoms with Crippen molar-refractivity contribution in [1.29, 1.82) is 0 Å². The first-order chi connectivity index (χ1) is 14.7. The molecule has 1 atom stereocenters. The molecule has 30 heavy (non-hydrogen) atoms. The average molecular weight is 412 g/mol. The van der Waals surface area contributed by atoms with Gasteiger partial charge in [-0.05, 0) is 38.2 Å². The second-order valence-electron chi connectivity index (χ2n) is 7.86. The van der Waals surface area contributed by atoms with Gasteiger partial charge in [0.2, 0.25) is 11.8 Å². The number of para-hydroxylation sites is 1. The maximum atomic E-state index is 12.5. The highest BCUT2D eigenvalue weighted by Gasteiger charge is 2.30. The molecule has 0 saturated carbocycles. The standard InChI is InChI=1S/C24H33N3O3/c1-30-22-12-6-5-10-20(22)11-7-16-27-17-15-26-24(29)21(27)18-23(28)25-14-13-19-8-3-2-4-9-19/h5-8,10-12,21H,2-4,9,13-18H2,1H3,(H,25,28)(H,26,29)/b11-7+/t21-/m0/s1. The van der Waals surface area contributed by atoms with Gasteiger partial charge in [-0.15, -0.1) is 0 Å². The van der Waals surface area contributed by atoms with E-state index < -0.39 is 6.04 Å². The number of allylic oxidation sites excluding steroid dienone is 1.